The predicted molar refractivity (Wildman–Crippen MR) is 89.1 cm³/mol. The Morgan fingerprint density at radius 1 is 1.21 bits per heavy atom. The summed E-state index contributed by atoms with van der Waals surface area (Å²) >= 11 is 0. The molecule has 2 aliphatic carbocycles. The molecule has 24 heavy (non-hydrogen) atoms. The van der Waals surface area contributed by atoms with Crippen LogP contribution in [0.4, 0.5) is 0 Å². The second-order valence-corrected chi connectivity index (χ2v) is 8.10. The average molecular weight is 336 g/mol. The van der Waals surface area contributed by atoms with Gasteiger partial charge in [0.15, 0.2) is 0 Å². The molecule has 2 rings (SSSR count). The van der Waals surface area contributed by atoms with Crippen LogP contribution in [0.1, 0.15) is 53.9 Å². The van der Waals surface area contributed by atoms with E-state index in [4.69, 9.17) is 9.47 Å². The number of ether oxygens (including phenoxy) is 2. The van der Waals surface area contributed by atoms with Gasteiger partial charge < -0.3 is 9.47 Å². The molecule has 0 saturated heterocycles. The monoisotopic (exact) mass is 336 g/mol. The summed E-state index contributed by atoms with van der Waals surface area (Å²) < 4.78 is 10.8. The molecular formula is C19H28O5. The van der Waals surface area contributed by atoms with Gasteiger partial charge in [0.05, 0.1) is 6.61 Å². The van der Waals surface area contributed by atoms with Gasteiger partial charge in [-0.2, -0.15) is 0 Å². The molecule has 0 heterocycles. The van der Waals surface area contributed by atoms with Gasteiger partial charge >= 0.3 is 11.9 Å². The quantitative estimate of drug-likeness (QED) is 0.583. The Morgan fingerprint density at radius 2 is 1.88 bits per heavy atom. The Labute approximate surface area is 143 Å². The summed E-state index contributed by atoms with van der Waals surface area (Å²) in [5.41, 5.74) is 0.392. The van der Waals surface area contributed by atoms with Gasteiger partial charge in [-0.05, 0) is 41.6 Å². The lowest BCUT2D eigenvalue weighted by Gasteiger charge is -2.57. The third kappa shape index (κ3) is 3.55. The second kappa shape index (κ2) is 6.69. The van der Waals surface area contributed by atoms with Crippen molar-refractivity contribution in [3.05, 3.63) is 11.6 Å². The zero-order valence-corrected chi connectivity index (χ0v) is 15.3. The SMILES string of the molecule is CC(=O)OCC1C(C=O)=CCC2C(C)(C)CC(OC(C)=O)CC12C. The summed E-state index contributed by atoms with van der Waals surface area (Å²) in [4.78, 5) is 34.3. The first-order valence-electron chi connectivity index (χ1n) is 8.56. The van der Waals surface area contributed by atoms with Crippen LogP contribution >= 0.6 is 0 Å². The number of aldehydes is 1. The van der Waals surface area contributed by atoms with E-state index in [0.29, 0.717) is 17.9 Å². The first-order valence-corrected chi connectivity index (χ1v) is 8.56. The topological polar surface area (TPSA) is 69.7 Å². The largest absolute Gasteiger partial charge is 0.465 e. The number of esters is 2. The van der Waals surface area contributed by atoms with Crippen molar-refractivity contribution in [2.24, 2.45) is 22.7 Å². The highest BCUT2D eigenvalue weighted by Gasteiger charge is 2.56. The van der Waals surface area contributed by atoms with Gasteiger partial charge in [0, 0.05) is 19.8 Å². The van der Waals surface area contributed by atoms with Crippen molar-refractivity contribution in [3.63, 3.8) is 0 Å². The van der Waals surface area contributed by atoms with Crippen molar-refractivity contribution in [1.82, 2.24) is 0 Å². The summed E-state index contributed by atoms with van der Waals surface area (Å²) in [5, 5.41) is 0. The van der Waals surface area contributed by atoms with E-state index in [0.717, 1.165) is 19.1 Å². The minimum atomic E-state index is -0.349. The maximum absolute atomic E-state index is 11.6. The fourth-order valence-electron chi connectivity index (χ4n) is 5.01. The zero-order valence-electron chi connectivity index (χ0n) is 15.3. The minimum Gasteiger partial charge on any atom is -0.465 e. The third-order valence-corrected chi connectivity index (χ3v) is 5.87. The molecule has 0 N–H and O–H groups in total. The molecule has 2 aliphatic rings. The molecule has 0 aromatic rings. The fraction of sp³-hybridized carbons (Fsp3) is 0.737. The lowest BCUT2D eigenvalue weighted by atomic mass is 9.48. The van der Waals surface area contributed by atoms with Crippen molar-refractivity contribution in [3.8, 4) is 0 Å². The number of hydrogen-bond donors (Lipinski definition) is 0. The van der Waals surface area contributed by atoms with E-state index >= 15 is 0 Å². The fourth-order valence-corrected chi connectivity index (χ4v) is 5.01. The van der Waals surface area contributed by atoms with E-state index in [1.54, 1.807) is 0 Å². The van der Waals surface area contributed by atoms with Crippen LogP contribution in [0.2, 0.25) is 0 Å². The maximum atomic E-state index is 11.6. The van der Waals surface area contributed by atoms with E-state index in [1.807, 2.05) is 6.08 Å². The van der Waals surface area contributed by atoms with Crippen LogP contribution in [-0.2, 0) is 23.9 Å². The molecule has 5 heteroatoms. The molecule has 0 amide bonds. The molecule has 0 aromatic heterocycles. The predicted octanol–water partition coefficient (Wildman–Crippen LogP) is 3.07. The summed E-state index contributed by atoms with van der Waals surface area (Å²) in [6.07, 6.45) is 4.99. The molecular weight excluding hydrogens is 308 g/mol. The number of carbonyl (C=O) groups excluding carboxylic acids is 3. The van der Waals surface area contributed by atoms with E-state index in [-0.39, 0.29) is 41.4 Å². The Kier molecular flexibility index (Phi) is 5.21. The Hall–Kier alpha value is -1.65. The van der Waals surface area contributed by atoms with Crippen LogP contribution in [0.3, 0.4) is 0 Å². The Bertz CT molecular complexity index is 562. The van der Waals surface area contributed by atoms with Crippen LogP contribution < -0.4 is 0 Å². The molecule has 134 valence electrons. The van der Waals surface area contributed by atoms with Gasteiger partial charge in [-0.1, -0.05) is 26.8 Å². The maximum Gasteiger partial charge on any atom is 0.302 e. The third-order valence-electron chi connectivity index (χ3n) is 5.87. The number of fused-ring (bicyclic) bond motifs is 1. The normalized spacial score (nSPS) is 34.5. The van der Waals surface area contributed by atoms with Gasteiger partial charge in [-0.15, -0.1) is 0 Å². The van der Waals surface area contributed by atoms with Crippen molar-refractivity contribution in [2.75, 3.05) is 6.61 Å². The van der Waals surface area contributed by atoms with Gasteiger partial charge in [0.2, 0.25) is 0 Å². The summed E-state index contributed by atoms with van der Waals surface area (Å²) in [6.45, 7) is 9.51. The molecule has 1 fully saturated rings. The average Bonchev–Trinajstić information content (AvgIpc) is 2.42. The van der Waals surface area contributed by atoms with Crippen molar-refractivity contribution >= 4 is 18.2 Å². The second-order valence-electron chi connectivity index (χ2n) is 8.10. The highest BCUT2D eigenvalue weighted by Crippen LogP contribution is 2.59. The lowest BCUT2D eigenvalue weighted by Crippen LogP contribution is -2.54. The van der Waals surface area contributed by atoms with Gasteiger partial charge in [0.1, 0.15) is 12.4 Å². The number of rotatable bonds is 4. The number of carbonyl (C=O) groups is 3. The molecule has 0 spiro atoms. The minimum absolute atomic E-state index is 0.0352. The van der Waals surface area contributed by atoms with Crippen molar-refractivity contribution in [2.45, 2.75) is 60.0 Å². The van der Waals surface area contributed by atoms with Gasteiger partial charge in [0.25, 0.3) is 0 Å². The molecule has 0 aromatic carbocycles. The van der Waals surface area contributed by atoms with Crippen molar-refractivity contribution in [1.29, 1.82) is 0 Å². The molecule has 0 radical (unpaired) electrons. The van der Waals surface area contributed by atoms with Crippen LogP contribution in [0.15, 0.2) is 11.6 Å². The van der Waals surface area contributed by atoms with E-state index in [9.17, 15) is 14.4 Å². The number of allylic oxidation sites excluding steroid dienone is 1. The van der Waals surface area contributed by atoms with Gasteiger partial charge in [-0.25, -0.2) is 0 Å². The highest BCUT2D eigenvalue weighted by molar-refractivity contribution is 5.75. The lowest BCUT2D eigenvalue weighted by molar-refractivity contribution is -0.164. The standard InChI is InChI=1S/C19H28O5/c1-12(21)23-11-16-14(10-20)6-7-17-18(3,4)8-15(24-13(2)22)9-19(16,17)5/h6,10,15-17H,7-9,11H2,1-5H3. The van der Waals surface area contributed by atoms with E-state index in [2.05, 4.69) is 20.8 Å². The van der Waals surface area contributed by atoms with Crippen molar-refractivity contribution < 1.29 is 23.9 Å². The van der Waals surface area contributed by atoms with Crippen LogP contribution in [0.5, 0.6) is 0 Å². The zero-order chi connectivity index (χ0) is 18.1. The molecule has 5 nitrogen and oxygen atoms in total. The van der Waals surface area contributed by atoms with Crippen LogP contribution in [0, 0.1) is 22.7 Å². The molecule has 0 bridgehead atoms. The summed E-state index contributed by atoms with van der Waals surface area (Å²) in [5.74, 6) is -0.467. The first kappa shape index (κ1) is 18.7. The Morgan fingerprint density at radius 3 is 2.42 bits per heavy atom. The van der Waals surface area contributed by atoms with E-state index in [1.165, 1.54) is 13.8 Å². The molecule has 4 unspecified atom stereocenters. The van der Waals surface area contributed by atoms with Crippen LogP contribution in [0.25, 0.3) is 0 Å². The smallest absolute Gasteiger partial charge is 0.302 e. The molecule has 4 atom stereocenters. The molecule has 1 saturated carbocycles. The van der Waals surface area contributed by atoms with Gasteiger partial charge in [-0.3, -0.25) is 14.4 Å². The summed E-state index contributed by atoms with van der Waals surface area (Å²) in [7, 11) is 0. The highest BCUT2D eigenvalue weighted by atomic mass is 16.5. The summed E-state index contributed by atoms with van der Waals surface area (Å²) in [6, 6.07) is 0. The van der Waals surface area contributed by atoms with E-state index < -0.39 is 0 Å². The van der Waals surface area contributed by atoms with Crippen LogP contribution in [-0.4, -0.2) is 30.9 Å². The molecule has 0 aliphatic heterocycles. The Balaban J connectivity index is 2.38. The first-order chi connectivity index (χ1) is 11.1. The number of hydrogen-bond acceptors (Lipinski definition) is 5.